The number of amides is 1. The summed E-state index contributed by atoms with van der Waals surface area (Å²) in [6, 6.07) is 4.13. The Morgan fingerprint density at radius 1 is 1.46 bits per heavy atom. The second kappa shape index (κ2) is 7.58. The maximum atomic E-state index is 12.3. The molecule has 1 aliphatic rings. The number of methoxy groups -OCH3 is 1. The second-order valence-electron chi connectivity index (χ2n) is 4.43. The third kappa shape index (κ3) is 4.20. The summed E-state index contributed by atoms with van der Waals surface area (Å²) in [6.45, 7) is -3.63. The monoisotopic (exact) mass is 374 g/mol. The van der Waals surface area contributed by atoms with Gasteiger partial charge in [0.05, 0.1) is 24.5 Å². The number of carboxylic acids is 1. The first kappa shape index (κ1) is 18.1. The van der Waals surface area contributed by atoms with Crippen molar-refractivity contribution in [1.29, 1.82) is 0 Å². The molecule has 0 spiro atoms. The van der Waals surface area contributed by atoms with Gasteiger partial charge in [-0.05, 0) is 23.8 Å². The molecule has 0 bridgehead atoms. The third-order valence-corrected chi connectivity index (χ3v) is 4.24. The van der Waals surface area contributed by atoms with Crippen LogP contribution in [0.3, 0.4) is 0 Å². The Hall–Kier alpha value is -2.20. The van der Waals surface area contributed by atoms with Crippen LogP contribution in [0.25, 0.3) is 6.08 Å². The number of thiocarbonyl (C=S) groups is 1. The number of alkyl halides is 2. The molecule has 0 atom stereocenters. The highest BCUT2D eigenvalue weighted by Gasteiger charge is 2.31. The zero-order valence-electron chi connectivity index (χ0n) is 12.2. The highest BCUT2D eigenvalue weighted by molar-refractivity contribution is 8.26. The Labute approximate surface area is 145 Å². The first-order chi connectivity index (χ1) is 11.3. The Kier molecular flexibility index (Phi) is 5.73. The number of carbonyl (C=O) groups excluding carboxylic acids is 2. The lowest BCUT2D eigenvalue weighted by Crippen LogP contribution is -2.40. The van der Waals surface area contributed by atoms with Crippen molar-refractivity contribution >= 4 is 46.3 Å². The number of nitrogens with zero attached hydrogens (tertiary/aromatic N) is 1. The van der Waals surface area contributed by atoms with Crippen LogP contribution in [-0.2, 0) is 9.59 Å². The van der Waals surface area contributed by atoms with Crippen LogP contribution < -0.4 is 14.6 Å². The molecule has 0 aliphatic carbocycles. The Morgan fingerprint density at radius 3 is 2.75 bits per heavy atom. The number of hydrogen-bond acceptors (Lipinski definition) is 7. The largest absolute Gasteiger partial charge is 0.548 e. The first-order valence-electron chi connectivity index (χ1n) is 6.40. The number of ether oxygens (including phenoxy) is 2. The molecule has 1 fully saturated rings. The number of hydrogen-bond donors (Lipinski definition) is 0. The average Bonchev–Trinajstić information content (AvgIpc) is 2.75. The molecule has 1 heterocycles. The van der Waals surface area contributed by atoms with Gasteiger partial charge < -0.3 is 19.4 Å². The van der Waals surface area contributed by atoms with E-state index >= 15 is 0 Å². The molecule has 0 saturated carbocycles. The van der Waals surface area contributed by atoms with Crippen molar-refractivity contribution in [3.63, 3.8) is 0 Å². The van der Waals surface area contributed by atoms with Crippen molar-refractivity contribution in [3.8, 4) is 11.5 Å². The molecule has 0 aromatic heterocycles. The van der Waals surface area contributed by atoms with Crippen LogP contribution in [0, 0.1) is 0 Å². The van der Waals surface area contributed by atoms with E-state index < -0.39 is 25.0 Å². The molecule has 128 valence electrons. The molecule has 6 nitrogen and oxygen atoms in total. The summed E-state index contributed by atoms with van der Waals surface area (Å²) in [5, 5.41) is 10.6. The average molecular weight is 374 g/mol. The lowest BCUT2D eigenvalue weighted by atomic mass is 10.2. The number of halogens is 2. The van der Waals surface area contributed by atoms with Crippen molar-refractivity contribution in [3.05, 3.63) is 28.7 Å². The summed E-state index contributed by atoms with van der Waals surface area (Å²) < 4.78 is 34.0. The first-order valence-corrected chi connectivity index (χ1v) is 7.62. The fraction of sp³-hybridized carbons (Fsp3) is 0.214. The minimum atomic E-state index is -2.99. The third-order valence-electron chi connectivity index (χ3n) is 2.86. The van der Waals surface area contributed by atoms with E-state index in [1.165, 1.54) is 31.4 Å². The maximum Gasteiger partial charge on any atom is 0.387 e. The van der Waals surface area contributed by atoms with Gasteiger partial charge in [0, 0.05) is 0 Å². The van der Waals surface area contributed by atoms with Crippen LogP contribution in [0.5, 0.6) is 11.5 Å². The lowest BCUT2D eigenvalue weighted by molar-refractivity contribution is -0.305. The highest BCUT2D eigenvalue weighted by atomic mass is 32.2. The minimum absolute atomic E-state index is 0.0641. The molecule has 0 N–H and O–H groups in total. The number of carbonyl (C=O) groups is 2. The van der Waals surface area contributed by atoms with Gasteiger partial charge >= 0.3 is 6.61 Å². The number of benzene rings is 1. The van der Waals surface area contributed by atoms with E-state index in [1.54, 1.807) is 0 Å². The van der Waals surface area contributed by atoms with Gasteiger partial charge in [0.25, 0.3) is 5.91 Å². The van der Waals surface area contributed by atoms with Gasteiger partial charge in [-0.2, -0.15) is 8.78 Å². The summed E-state index contributed by atoms with van der Waals surface area (Å²) in [7, 11) is 1.29. The van der Waals surface area contributed by atoms with E-state index in [9.17, 15) is 23.5 Å². The molecule has 1 aromatic carbocycles. The molecule has 0 radical (unpaired) electrons. The predicted octanol–water partition coefficient (Wildman–Crippen LogP) is 1.25. The van der Waals surface area contributed by atoms with Gasteiger partial charge in [-0.15, -0.1) is 0 Å². The van der Waals surface area contributed by atoms with Crippen LogP contribution in [0.4, 0.5) is 8.78 Å². The molecular weight excluding hydrogens is 364 g/mol. The zero-order chi connectivity index (χ0) is 17.9. The zero-order valence-corrected chi connectivity index (χ0v) is 13.8. The standard InChI is InChI=1S/C14H11F2NO5S2/c1-21-9-4-7(2-3-8(9)22-13(15)16)5-10-12(20)17(6-11(18)19)14(23)24-10/h2-5,13H,6H2,1H3,(H,18,19)/p-1/b10-5-. The SMILES string of the molecule is COc1cc(/C=C2\SC(=S)N(CC(=O)[O-])C2=O)ccc1OC(F)F. The van der Waals surface area contributed by atoms with E-state index in [2.05, 4.69) is 4.74 Å². The summed E-state index contributed by atoms with van der Waals surface area (Å²) in [5.41, 5.74) is 0.474. The molecule has 24 heavy (non-hydrogen) atoms. The van der Waals surface area contributed by atoms with Crippen LogP contribution in [0.15, 0.2) is 23.1 Å². The van der Waals surface area contributed by atoms with Gasteiger partial charge in [0.15, 0.2) is 11.5 Å². The van der Waals surface area contributed by atoms with Crippen molar-refractivity contribution < 1.29 is 33.0 Å². The smallest absolute Gasteiger partial charge is 0.387 e. The molecule has 1 saturated heterocycles. The fourth-order valence-corrected chi connectivity index (χ4v) is 3.14. The van der Waals surface area contributed by atoms with Crippen LogP contribution in [0.1, 0.15) is 5.56 Å². The summed E-state index contributed by atoms with van der Waals surface area (Å²) in [5.74, 6) is -2.08. The predicted molar refractivity (Wildman–Crippen MR) is 84.5 cm³/mol. The topological polar surface area (TPSA) is 78.9 Å². The normalized spacial score (nSPS) is 16.2. The van der Waals surface area contributed by atoms with E-state index in [0.29, 0.717) is 5.56 Å². The van der Waals surface area contributed by atoms with Crippen molar-refractivity contribution in [2.75, 3.05) is 13.7 Å². The molecule has 0 unspecified atom stereocenters. The second-order valence-corrected chi connectivity index (χ2v) is 6.10. The number of aliphatic carboxylic acids is 1. The number of rotatable bonds is 6. The fourth-order valence-electron chi connectivity index (χ4n) is 1.88. The number of carboxylic acid groups (broad SMARTS) is 1. The van der Waals surface area contributed by atoms with Crippen LogP contribution >= 0.6 is 24.0 Å². The van der Waals surface area contributed by atoms with Gasteiger partial charge in [-0.1, -0.05) is 30.0 Å². The van der Waals surface area contributed by atoms with Crippen molar-refractivity contribution in [2.24, 2.45) is 0 Å². The van der Waals surface area contributed by atoms with E-state index in [0.717, 1.165) is 16.7 Å². The summed E-state index contributed by atoms with van der Waals surface area (Å²) in [6.07, 6.45) is 1.45. The summed E-state index contributed by atoms with van der Waals surface area (Å²) >= 11 is 5.89. The molecule has 1 aromatic rings. The quantitative estimate of drug-likeness (QED) is 0.548. The van der Waals surface area contributed by atoms with Crippen molar-refractivity contribution in [2.45, 2.75) is 6.61 Å². The van der Waals surface area contributed by atoms with Gasteiger partial charge in [-0.25, -0.2) is 0 Å². The Balaban J connectivity index is 2.26. The lowest BCUT2D eigenvalue weighted by Gasteiger charge is -2.14. The molecule has 1 aliphatic heterocycles. The van der Waals surface area contributed by atoms with Gasteiger partial charge in [0.1, 0.15) is 4.32 Å². The van der Waals surface area contributed by atoms with Gasteiger partial charge in [-0.3, -0.25) is 9.69 Å². The minimum Gasteiger partial charge on any atom is -0.548 e. The summed E-state index contributed by atoms with van der Waals surface area (Å²) in [4.78, 5) is 23.9. The highest BCUT2D eigenvalue weighted by Crippen LogP contribution is 2.34. The number of thioether (sulfide) groups is 1. The van der Waals surface area contributed by atoms with Crippen LogP contribution in [0.2, 0.25) is 0 Å². The molecular formula is C14H10F2NO5S2-. The Bertz CT molecular complexity index is 723. The molecule has 2 rings (SSSR count). The van der Waals surface area contributed by atoms with E-state index in [1.807, 2.05) is 0 Å². The molecule has 10 heteroatoms. The van der Waals surface area contributed by atoms with Crippen LogP contribution in [-0.4, -0.2) is 41.4 Å². The van der Waals surface area contributed by atoms with E-state index in [-0.39, 0.29) is 20.7 Å². The van der Waals surface area contributed by atoms with E-state index in [4.69, 9.17) is 17.0 Å². The van der Waals surface area contributed by atoms with Crippen molar-refractivity contribution in [1.82, 2.24) is 4.90 Å². The Morgan fingerprint density at radius 2 is 2.17 bits per heavy atom. The molecule has 1 amide bonds. The van der Waals surface area contributed by atoms with Gasteiger partial charge in [0.2, 0.25) is 0 Å². The maximum absolute atomic E-state index is 12.3.